The highest BCUT2D eigenvalue weighted by atomic mass is 16.3. The number of rotatable bonds is 3. The highest BCUT2D eigenvalue weighted by Gasteiger charge is 2.21. The van der Waals surface area contributed by atoms with Crippen molar-refractivity contribution in [3.05, 3.63) is 24.2 Å². The molecule has 0 spiro atoms. The Kier molecular flexibility index (Phi) is 2.38. The van der Waals surface area contributed by atoms with Crippen molar-refractivity contribution in [3.8, 4) is 0 Å². The Labute approximate surface area is 68.4 Å². The second-order valence-electron chi connectivity index (χ2n) is 3.61. The van der Waals surface area contributed by atoms with Crippen LogP contribution in [0.25, 0.3) is 0 Å². The van der Waals surface area contributed by atoms with Gasteiger partial charge in [-0.2, -0.15) is 0 Å². The topological polar surface area (TPSA) is 13.1 Å². The van der Waals surface area contributed by atoms with Crippen molar-refractivity contribution in [2.24, 2.45) is 0 Å². The van der Waals surface area contributed by atoms with Crippen molar-refractivity contribution in [2.45, 2.75) is 39.0 Å². The Morgan fingerprint density at radius 1 is 1.45 bits per heavy atom. The van der Waals surface area contributed by atoms with Crippen LogP contribution in [-0.4, -0.2) is 0 Å². The molecule has 0 fully saturated rings. The molecule has 1 aromatic rings. The van der Waals surface area contributed by atoms with E-state index >= 15 is 0 Å². The lowest BCUT2D eigenvalue weighted by atomic mass is 9.85. The van der Waals surface area contributed by atoms with Crippen molar-refractivity contribution in [3.63, 3.8) is 0 Å². The molecule has 1 rings (SSSR count). The van der Waals surface area contributed by atoms with Gasteiger partial charge in [0.15, 0.2) is 0 Å². The van der Waals surface area contributed by atoms with Gasteiger partial charge in [-0.05, 0) is 18.6 Å². The van der Waals surface area contributed by atoms with Gasteiger partial charge in [-0.25, -0.2) is 0 Å². The molecule has 1 aromatic heterocycles. The third-order valence-corrected chi connectivity index (χ3v) is 2.06. The zero-order chi connectivity index (χ0) is 8.32. The van der Waals surface area contributed by atoms with Crippen molar-refractivity contribution >= 4 is 0 Å². The second-order valence-corrected chi connectivity index (χ2v) is 3.61. The van der Waals surface area contributed by atoms with Gasteiger partial charge in [-0.15, -0.1) is 0 Å². The fourth-order valence-electron chi connectivity index (χ4n) is 1.41. The average molecular weight is 152 g/mol. The predicted octanol–water partition coefficient (Wildman–Crippen LogP) is 3.36. The van der Waals surface area contributed by atoms with Gasteiger partial charge in [0.2, 0.25) is 0 Å². The lowest BCUT2D eigenvalue weighted by Crippen LogP contribution is -2.15. The molecule has 0 aliphatic rings. The van der Waals surface area contributed by atoms with Gasteiger partial charge >= 0.3 is 0 Å². The summed E-state index contributed by atoms with van der Waals surface area (Å²) in [6.07, 6.45) is 4.13. The van der Waals surface area contributed by atoms with Gasteiger partial charge in [0.1, 0.15) is 5.76 Å². The van der Waals surface area contributed by atoms with E-state index in [1.807, 2.05) is 6.07 Å². The fourth-order valence-corrected chi connectivity index (χ4v) is 1.41. The van der Waals surface area contributed by atoms with Crippen molar-refractivity contribution in [1.82, 2.24) is 0 Å². The van der Waals surface area contributed by atoms with E-state index in [1.54, 1.807) is 6.26 Å². The molecule has 1 heterocycles. The summed E-state index contributed by atoms with van der Waals surface area (Å²) in [4.78, 5) is 0. The maximum atomic E-state index is 5.35. The molecule has 0 aromatic carbocycles. The molecule has 0 amide bonds. The van der Waals surface area contributed by atoms with Crippen LogP contribution in [0.5, 0.6) is 0 Å². The largest absolute Gasteiger partial charge is 0.469 e. The summed E-state index contributed by atoms with van der Waals surface area (Å²) >= 11 is 0. The fraction of sp³-hybridized carbons (Fsp3) is 0.600. The Balaban J connectivity index is 2.73. The minimum atomic E-state index is 0.207. The molecule has 0 aliphatic heterocycles. The molecule has 62 valence electrons. The van der Waals surface area contributed by atoms with Crippen LogP contribution in [0.4, 0.5) is 0 Å². The molecule has 11 heavy (non-hydrogen) atoms. The lowest BCUT2D eigenvalue weighted by Gasteiger charge is -2.20. The van der Waals surface area contributed by atoms with E-state index in [4.69, 9.17) is 4.42 Å². The number of hydrogen-bond donors (Lipinski definition) is 0. The van der Waals surface area contributed by atoms with Gasteiger partial charge in [0, 0.05) is 5.41 Å². The second kappa shape index (κ2) is 3.12. The first-order valence-electron chi connectivity index (χ1n) is 4.21. The van der Waals surface area contributed by atoms with Crippen molar-refractivity contribution in [2.75, 3.05) is 0 Å². The van der Waals surface area contributed by atoms with Crippen LogP contribution in [0, 0.1) is 0 Å². The predicted molar refractivity (Wildman–Crippen MR) is 46.6 cm³/mol. The monoisotopic (exact) mass is 152 g/mol. The summed E-state index contributed by atoms with van der Waals surface area (Å²) in [5.74, 6) is 1.10. The van der Waals surface area contributed by atoms with Crippen LogP contribution in [0.3, 0.4) is 0 Å². The van der Waals surface area contributed by atoms with Gasteiger partial charge < -0.3 is 4.42 Å². The Hall–Kier alpha value is -0.720. The summed E-state index contributed by atoms with van der Waals surface area (Å²) in [6, 6.07) is 4.00. The number of hydrogen-bond acceptors (Lipinski definition) is 1. The van der Waals surface area contributed by atoms with Crippen LogP contribution in [0.15, 0.2) is 22.8 Å². The van der Waals surface area contributed by atoms with E-state index in [-0.39, 0.29) is 5.41 Å². The van der Waals surface area contributed by atoms with E-state index in [0.717, 1.165) is 5.76 Å². The molecular formula is C10H16O. The van der Waals surface area contributed by atoms with Crippen LogP contribution in [0.2, 0.25) is 0 Å². The molecule has 1 heteroatoms. The van der Waals surface area contributed by atoms with Gasteiger partial charge in [-0.3, -0.25) is 0 Å². The maximum Gasteiger partial charge on any atom is 0.109 e. The van der Waals surface area contributed by atoms with Crippen LogP contribution >= 0.6 is 0 Å². The summed E-state index contributed by atoms with van der Waals surface area (Å²) in [6.45, 7) is 6.63. The van der Waals surface area contributed by atoms with Crippen molar-refractivity contribution < 1.29 is 4.42 Å². The van der Waals surface area contributed by atoms with E-state index in [1.165, 1.54) is 12.8 Å². The highest BCUT2D eigenvalue weighted by Crippen LogP contribution is 2.28. The maximum absolute atomic E-state index is 5.35. The van der Waals surface area contributed by atoms with E-state index in [2.05, 4.69) is 26.8 Å². The summed E-state index contributed by atoms with van der Waals surface area (Å²) in [7, 11) is 0. The molecule has 0 radical (unpaired) electrons. The van der Waals surface area contributed by atoms with Gasteiger partial charge in [-0.1, -0.05) is 27.2 Å². The van der Waals surface area contributed by atoms with E-state index in [9.17, 15) is 0 Å². The third kappa shape index (κ3) is 1.86. The first kappa shape index (κ1) is 8.38. The molecule has 0 saturated carbocycles. The average Bonchev–Trinajstić information content (AvgIpc) is 2.37. The first-order chi connectivity index (χ1) is 5.17. The summed E-state index contributed by atoms with van der Waals surface area (Å²) < 4.78 is 5.35. The molecule has 0 N–H and O–H groups in total. The highest BCUT2D eigenvalue weighted by molar-refractivity contribution is 5.10. The molecule has 1 nitrogen and oxygen atoms in total. The SMILES string of the molecule is CCCC(C)(C)c1ccco1. The van der Waals surface area contributed by atoms with Crippen LogP contribution in [0.1, 0.15) is 39.4 Å². The smallest absolute Gasteiger partial charge is 0.109 e. The summed E-state index contributed by atoms with van der Waals surface area (Å²) in [5, 5.41) is 0. The molecular weight excluding hydrogens is 136 g/mol. The van der Waals surface area contributed by atoms with Crippen molar-refractivity contribution in [1.29, 1.82) is 0 Å². The zero-order valence-corrected chi connectivity index (χ0v) is 7.55. The first-order valence-corrected chi connectivity index (χ1v) is 4.21. The Bertz CT molecular complexity index is 197. The van der Waals surface area contributed by atoms with Gasteiger partial charge in [0.05, 0.1) is 6.26 Å². The Morgan fingerprint density at radius 2 is 2.18 bits per heavy atom. The molecule has 0 aliphatic carbocycles. The van der Waals surface area contributed by atoms with Crippen LogP contribution < -0.4 is 0 Å². The standard InChI is InChI=1S/C10H16O/c1-4-7-10(2,3)9-6-5-8-11-9/h5-6,8H,4,7H2,1-3H3. The van der Waals surface area contributed by atoms with E-state index < -0.39 is 0 Å². The lowest BCUT2D eigenvalue weighted by molar-refractivity contribution is 0.361. The minimum absolute atomic E-state index is 0.207. The molecule has 0 atom stereocenters. The van der Waals surface area contributed by atoms with Gasteiger partial charge in [0.25, 0.3) is 0 Å². The quantitative estimate of drug-likeness (QED) is 0.647. The van der Waals surface area contributed by atoms with E-state index in [0.29, 0.717) is 0 Å². The van der Waals surface area contributed by atoms with Crippen LogP contribution in [-0.2, 0) is 5.41 Å². The molecule has 0 saturated heterocycles. The summed E-state index contributed by atoms with van der Waals surface area (Å²) in [5.41, 5.74) is 0.207. The molecule has 0 unspecified atom stereocenters. The zero-order valence-electron chi connectivity index (χ0n) is 7.55. The molecule has 0 bridgehead atoms. The number of furan rings is 1. The third-order valence-electron chi connectivity index (χ3n) is 2.06. The normalized spacial score (nSPS) is 11.9. The Morgan fingerprint density at radius 3 is 2.64 bits per heavy atom. The minimum Gasteiger partial charge on any atom is -0.469 e.